The van der Waals surface area contributed by atoms with Crippen LogP contribution in [0.2, 0.25) is 0 Å². The Morgan fingerprint density at radius 2 is 0.797 bits per heavy atom. The topological polar surface area (TPSA) is 64.5 Å². The van der Waals surface area contributed by atoms with Gasteiger partial charge in [-0.3, -0.25) is 4.98 Å². The minimum absolute atomic E-state index is 0.541. The van der Waals surface area contributed by atoms with Crippen LogP contribution in [-0.2, 0) is 5.41 Å². The smallest absolute Gasteiger partial charge is 0.164 e. The lowest BCUT2D eigenvalue weighted by Crippen LogP contribution is -2.28. The SMILES string of the molecule is c1ccc(-c2nc(-c3ccccc3)nc(-c3cc(-c4ccc(-c5nc6ccccc6c6ccncc56)cc4)cc(-c4ccc5c(c4)C(c4ccccc4)(c4ccccc4)c4ccccc4-5)c3)n2)cc1. The monoisotopic (exact) mass is 879 g/mol. The Morgan fingerprint density at radius 1 is 0.290 bits per heavy atom. The van der Waals surface area contributed by atoms with Gasteiger partial charge in [0.25, 0.3) is 0 Å². The van der Waals surface area contributed by atoms with Gasteiger partial charge in [0, 0.05) is 45.4 Å². The Labute approximate surface area is 400 Å². The molecule has 0 amide bonds. The van der Waals surface area contributed by atoms with Crippen LogP contribution in [0.4, 0.5) is 0 Å². The molecule has 0 bridgehead atoms. The van der Waals surface area contributed by atoms with Gasteiger partial charge in [0.15, 0.2) is 17.5 Å². The summed E-state index contributed by atoms with van der Waals surface area (Å²) >= 11 is 0. The van der Waals surface area contributed by atoms with Gasteiger partial charge >= 0.3 is 0 Å². The van der Waals surface area contributed by atoms with E-state index in [1.807, 2.05) is 54.9 Å². The second-order valence-electron chi connectivity index (χ2n) is 17.6. The highest BCUT2D eigenvalue weighted by atomic mass is 15.0. The largest absolute Gasteiger partial charge is 0.264 e. The zero-order valence-electron chi connectivity index (χ0n) is 37.4. The van der Waals surface area contributed by atoms with E-state index in [1.165, 1.54) is 33.4 Å². The van der Waals surface area contributed by atoms with Gasteiger partial charge in [-0.2, -0.15) is 0 Å². The van der Waals surface area contributed by atoms with Crippen LogP contribution in [0, 0.1) is 0 Å². The fourth-order valence-electron chi connectivity index (χ4n) is 10.5. The molecular weight excluding hydrogens is 839 g/mol. The van der Waals surface area contributed by atoms with E-state index in [9.17, 15) is 0 Å². The van der Waals surface area contributed by atoms with Gasteiger partial charge in [-0.15, -0.1) is 0 Å². The van der Waals surface area contributed by atoms with Crippen LogP contribution >= 0.6 is 0 Å². The van der Waals surface area contributed by atoms with Crippen molar-refractivity contribution in [2.45, 2.75) is 5.41 Å². The molecular formula is C64H41N5. The molecule has 0 N–H and O–H groups in total. The summed E-state index contributed by atoms with van der Waals surface area (Å²) in [6, 6.07) is 84.1. The lowest BCUT2D eigenvalue weighted by molar-refractivity contribution is 0.769. The average Bonchev–Trinajstić information content (AvgIpc) is 3.74. The Bertz CT molecular complexity index is 3780. The molecule has 3 heterocycles. The second-order valence-corrected chi connectivity index (χ2v) is 17.6. The first-order valence-electron chi connectivity index (χ1n) is 23.3. The van der Waals surface area contributed by atoms with Gasteiger partial charge in [-0.25, -0.2) is 19.9 Å². The van der Waals surface area contributed by atoms with Crippen LogP contribution in [0.15, 0.2) is 249 Å². The predicted octanol–water partition coefficient (Wildman–Crippen LogP) is 15.3. The minimum atomic E-state index is -0.541. The molecule has 69 heavy (non-hydrogen) atoms. The summed E-state index contributed by atoms with van der Waals surface area (Å²) in [6.45, 7) is 0. The van der Waals surface area contributed by atoms with Gasteiger partial charge in [0.05, 0.1) is 16.6 Å². The van der Waals surface area contributed by atoms with Gasteiger partial charge in [-0.1, -0.05) is 200 Å². The molecule has 0 fully saturated rings. The highest BCUT2D eigenvalue weighted by Crippen LogP contribution is 2.57. The fraction of sp³-hybridized carbons (Fsp3) is 0.0156. The van der Waals surface area contributed by atoms with Crippen molar-refractivity contribution in [1.82, 2.24) is 24.9 Å². The van der Waals surface area contributed by atoms with Crippen molar-refractivity contribution in [2.24, 2.45) is 0 Å². The van der Waals surface area contributed by atoms with E-state index in [1.54, 1.807) is 0 Å². The summed E-state index contributed by atoms with van der Waals surface area (Å²) < 4.78 is 0. The van der Waals surface area contributed by atoms with Crippen molar-refractivity contribution < 1.29 is 0 Å². The summed E-state index contributed by atoms with van der Waals surface area (Å²) in [5.41, 5.74) is 16.8. The Hall–Kier alpha value is -9.19. The third-order valence-electron chi connectivity index (χ3n) is 13.7. The van der Waals surface area contributed by atoms with E-state index in [0.29, 0.717) is 17.5 Å². The molecule has 0 unspecified atom stereocenters. The van der Waals surface area contributed by atoms with Crippen LogP contribution in [0.25, 0.3) is 100 Å². The lowest BCUT2D eigenvalue weighted by atomic mass is 9.67. The number of hydrogen-bond acceptors (Lipinski definition) is 5. The number of nitrogens with zero attached hydrogens (tertiary/aromatic N) is 5. The molecule has 0 radical (unpaired) electrons. The molecule has 3 aromatic heterocycles. The number of para-hydroxylation sites is 1. The normalized spacial score (nSPS) is 12.5. The quantitative estimate of drug-likeness (QED) is 0.142. The second kappa shape index (κ2) is 16.6. The van der Waals surface area contributed by atoms with Gasteiger partial charge in [-0.05, 0) is 97.4 Å². The van der Waals surface area contributed by atoms with Crippen molar-refractivity contribution >= 4 is 21.7 Å². The van der Waals surface area contributed by atoms with E-state index in [4.69, 9.17) is 19.9 Å². The summed E-state index contributed by atoms with van der Waals surface area (Å²) in [5, 5.41) is 3.27. The Kier molecular flexibility index (Phi) is 9.65. The maximum Gasteiger partial charge on any atom is 0.164 e. The number of hydrogen-bond donors (Lipinski definition) is 0. The summed E-state index contributed by atoms with van der Waals surface area (Å²) in [4.78, 5) is 25.2. The predicted molar refractivity (Wildman–Crippen MR) is 280 cm³/mol. The molecule has 0 atom stereocenters. The molecule has 9 aromatic carbocycles. The van der Waals surface area contributed by atoms with Crippen LogP contribution in [0.5, 0.6) is 0 Å². The molecule has 0 spiro atoms. The van der Waals surface area contributed by atoms with Crippen LogP contribution < -0.4 is 0 Å². The molecule has 0 aliphatic heterocycles. The molecule has 12 aromatic rings. The van der Waals surface area contributed by atoms with Crippen LogP contribution in [0.3, 0.4) is 0 Å². The van der Waals surface area contributed by atoms with Gasteiger partial charge in [0.1, 0.15) is 0 Å². The maximum atomic E-state index is 5.23. The molecule has 1 aliphatic carbocycles. The highest BCUT2D eigenvalue weighted by molar-refractivity contribution is 6.10. The molecule has 13 rings (SSSR count). The van der Waals surface area contributed by atoms with Gasteiger partial charge < -0.3 is 0 Å². The van der Waals surface area contributed by atoms with Crippen molar-refractivity contribution in [2.75, 3.05) is 0 Å². The van der Waals surface area contributed by atoms with Crippen LogP contribution in [-0.4, -0.2) is 24.9 Å². The van der Waals surface area contributed by atoms with Gasteiger partial charge in [0.2, 0.25) is 0 Å². The Balaban J connectivity index is 1.02. The molecule has 322 valence electrons. The van der Waals surface area contributed by atoms with E-state index in [-0.39, 0.29) is 0 Å². The molecule has 5 heteroatoms. The highest BCUT2D eigenvalue weighted by Gasteiger charge is 2.46. The fourth-order valence-corrected chi connectivity index (χ4v) is 10.5. The molecule has 5 nitrogen and oxygen atoms in total. The minimum Gasteiger partial charge on any atom is -0.264 e. The average molecular weight is 880 g/mol. The molecule has 0 saturated carbocycles. The zero-order chi connectivity index (χ0) is 45.7. The number of fused-ring (bicyclic) bond motifs is 6. The summed E-state index contributed by atoms with van der Waals surface area (Å²) in [6.07, 6.45) is 3.78. The first kappa shape index (κ1) is 40.1. The number of benzene rings is 9. The first-order valence-corrected chi connectivity index (χ1v) is 23.3. The summed E-state index contributed by atoms with van der Waals surface area (Å²) in [7, 11) is 0. The van der Waals surface area contributed by atoms with Crippen molar-refractivity contribution in [1.29, 1.82) is 0 Å². The summed E-state index contributed by atoms with van der Waals surface area (Å²) in [5.74, 6) is 1.83. The van der Waals surface area contributed by atoms with E-state index in [2.05, 4.69) is 199 Å². The van der Waals surface area contributed by atoms with Crippen LogP contribution in [0.1, 0.15) is 22.3 Å². The molecule has 1 aliphatic rings. The maximum absolute atomic E-state index is 5.23. The number of rotatable bonds is 8. The van der Waals surface area contributed by atoms with E-state index < -0.39 is 5.41 Å². The Morgan fingerprint density at radius 3 is 1.46 bits per heavy atom. The van der Waals surface area contributed by atoms with Crippen molar-refractivity contribution in [3.05, 3.63) is 271 Å². The number of aromatic nitrogens is 5. The van der Waals surface area contributed by atoms with Crippen molar-refractivity contribution in [3.8, 4) is 78.8 Å². The first-order chi connectivity index (χ1) is 34.2. The van der Waals surface area contributed by atoms with Crippen molar-refractivity contribution in [3.63, 3.8) is 0 Å². The lowest BCUT2D eigenvalue weighted by Gasteiger charge is -2.34. The number of pyridine rings is 2. The van der Waals surface area contributed by atoms with E-state index >= 15 is 0 Å². The third kappa shape index (κ3) is 6.82. The third-order valence-corrected chi connectivity index (χ3v) is 13.7. The van der Waals surface area contributed by atoms with E-state index in [0.717, 1.165) is 71.9 Å². The standard InChI is InChI=1S/C64H41N5/c1-5-17-44(18-6-1)61-67-62(45-19-7-2-8-20-45)69-63(68-61)49-38-47(42-29-31-43(32-30-42)60-56-41-65-36-35-52(56)55-26-14-16-28-59(55)66-60)37-48(39-49)46-33-34-54-53-25-13-15-27-57(53)64(58(54)40-46,50-21-9-3-10-22-50)51-23-11-4-12-24-51/h1-41H. The zero-order valence-corrected chi connectivity index (χ0v) is 37.4. The molecule has 0 saturated heterocycles.